The van der Waals surface area contributed by atoms with Crippen LogP contribution in [0.5, 0.6) is 5.75 Å². The van der Waals surface area contributed by atoms with E-state index in [4.69, 9.17) is 10.5 Å². The van der Waals surface area contributed by atoms with Gasteiger partial charge in [-0.1, -0.05) is 18.9 Å². The molecule has 0 radical (unpaired) electrons. The molecule has 88 valence electrons. The Balaban J connectivity index is 1.95. The molecule has 0 spiro atoms. The van der Waals surface area contributed by atoms with E-state index in [0.717, 1.165) is 12.8 Å². The van der Waals surface area contributed by atoms with Crippen molar-refractivity contribution >= 4 is 0 Å². The average molecular weight is 223 g/mol. The molecule has 0 bridgehead atoms. The Morgan fingerprint density at radius 2 is 2.06 bits per heavy atom. The molecule has 0 aliphatic heterocycles. The zero-order chi connectivity index (χ0) is 11.4. The van der Waals surface area contributed by atoms with E-state index < -0.39 is 0 Å². The van der Waals surface area contributed by atoms with Crippen LogP contribution in [0.4, 0.5) is 4.39 Å². The normalized spacial score (nSPS) is 18.6. The van der Waals surface area contributed by atoms with Gasteiger partial charge in [0, 0.05) is 18.0 Å². The maximum absolute atomic E-state index is 12.9. The minimum absolute atomic E-state index is 0.117. The molecule has 1 aliphatic carbocycles. The molecule has 2 N–H and O–H groups in total. The minimum Gasteiger partial charge on any atom is -0.493 e. The topological polar surface area (TPSA) is 35.2 Å². The lowest BCUT2D eigenvalue weighted by Crippen LogP contribution is -2.33. The van der Waals surface area contributed by atoms with E-state index in [-0.39, 0.29) is 11.2 Å². The quantitative estimate of drug-likeness (QED) is 0.851. The smallest absolute Gasteiger partial charge is 0.126 e. The Kier molecular flexibility index (Phi) is 3.44. The van der Waals surface area contributed by atoms with Crippen molar-refractivity contribution in [2.24, 2.45) is 11.1 Å². The van der Waals surface area contributed by atoms with Crippen molar-refractivity contribution in [3.63, 3.8) is 0 Å². The zero-order valence-corrected chi connectivity index (χ0v) is 9.42. The summed E-state index contributed by atoms with van der Waals surface area (Å²) < 4.78 is 18.6. The van der Waals surface area contributed by atoms with Gasteiger partial charge in [-0.3, -0.25) is 0 Å². The van der Waals surface area contributed by atoms with Gasteiger partial charge in [0.1, 0.15) is 11.6 Å². The Morgan fingerprint density at radius 1 is 1.31 bits per heavy atom. The molecule has 1 aliphatic rings. The van der Waals surface area contributed by atoms with E-state index >= 15 is 0 Å². The largest absolute Gasteiger partial charge is 0.493 e. The van der Waals surface area contributed by atoms with E-state index in [2.05, 4.69) is 0 Å². The highest BCUT2D eigenvalue weighted by molar-refractivity contribution is 5.22. The Hall–Kier alpha value is -1.09. The molecule has 2 nitrogen and oxygen atoms in total. The molecule has 16 heavy (non-hydrogen) atoms. The average Bonchev–Trinajstić information content (AvgIpc) is 2.76. The molecule has 0 aromatic heterocycles. The van der Waals surface area contributed by atoms with Crippen LogP contribution in [0, 0.1) is 11.2 Å². The van der Waals surface area contributed by atoms with E-state index in [1.165, 1.54) is 25.0 Å². The maximum Gasteiger partial charge on any atom is 0.126 e. The molecule has 2 rings (SSSR count). The number of benzene rings is 1. The molecule has 0 saturated heterocycles. The SMILES string of the molecule is NCC1(COc2cccc(F)c2)CCCC1. The monoisotopic (exact) mass is 223 g/mol. The van der Waals surface area contributed by atoms with E-state index in [0.29, 0.717) is 18.9 Å². The molecule has 0 heterocycles. The lowest BCUT2D eigenvalue weighted by atomic mass is 9.87. The number of hydrogen-bond donors (Lipinski definition) is 1. The van der Waals surface area contributed by atoms with Gasteiger partial charge in [0.15, 0.2) is 0 Å². The summed E-state index contributed by atoms with van der Waals surface area (Å²) >= 11 is 0. The predicted molar refractivity (Wildman–Crippen MR) is 61.9 cm³/mol. The van der Waals surface area contributed by atoms with Gasteiger partial charge >= 0.3 is 0 Å². The second kappa shape index (κ2) is 4.83. The molecule has 1 fully saturated rings. The van der Waals surface area contributed by atoms with Crippen LogP contribution in [0.25, 0.3) is 0 Å². The summed E-state index contributed by atoms with van der Waals surface area (Å²) in [6.07, 6.45) is 4.70. The third-order valence-electron chi connectivity index (χ3n) is 3.44. The summed E-state index contributed by atoms with van der Waals surface area (Å²) in [5, 5.41) is 0. The first kappa shape index (κ1) is 11.4. The zero-order valence-electron chi connectivity index (χ0n) is 9.42. The number of nitrogens with two attached hydrogens (primary N) is 1. The first-order chi connectivity index (χ1) is 7.74. The molecule has 0 amide bonds. The van der Waals surface area contributed by atoms with Crippen molar-refractivity contribution in [3.8, 4) is 5.75 Å². The third-order valence-corrected chi connectivity index (χ3v) is 3.44. The van der Waals surface area contributed by atoms with Crippen LogP contribution in [0.15, 0.2) is 24.3 Å². The summed E-state index contributed by atoms with van der Waals surface area (Å²) in [4.78, 5) is 0. The lowest BCUT2D eigenvalue weighted by Gasteiger charge is -2.26. The van der Waals surface area contributed by atoms with Crippen LogP contribution < -0.4 is 10.5 Å². The molecule has 0 unspecified atom stereocenters. The number of rotatable bonds is 4. The van der Waals surface area contributed by atoms with Crippen LogP contribution in [0.1, 0.15) is 25.7 Å². The summed E-state index contributed by atoms with van der Waals surface area (Å²) in [6, 6.07) is 6.27. The second-order valence-corrected chi connectivity index (χ2v) is 4.66. The van der Waals surface area contributed by atoms with Crippen molar-refractivity contribution in [1.82, 2.24) is 0 Å². The number of hydrogen-bond acceptors (Lipinski definition) is 2. The molecular formula is C13H18FNO. The summed E-state index contributed by atoms with van der Waals surface area (Å²) in [6.45, 7) is 1.26. The van der Waals surface area contributed by atoms with Crippen molar-refractivity contribution in [2.75, 3.05) is 13.2 Å². The van der Waals surface area contributed by atoms with Gasteiger partial charge in [-0.15, -0.1) is 0 Å². The first-order valence-corrected chi connectivity index (χ1v) is 5.83. The van der Waals surface area contributed by atoms with E-state index in [9.17, 15) is 4.39 Å². The molecule has 3 heteroatoms. The van der Waals surface area contributed by atoms with Crippen LogP contribution in [-0.4, -0.2) is 13.2 Å². The lowest BCUT2D eigenvalue weighted by molar-refractivity contribution is 0.156. The molecule has 1 aromatic rings. The van der Waals surface area contributed by atoms with Gasteiger partial charge in [-0.2, -0.15) is 0 Å². The fourth-order valence-electron chi connectivity index (χ4n) is 2.33. The summed E-state index contributed by atoms with van der Waals surface area (Å²) in [5.74, 6) is 0.338. The van der Waals surface area contributed by atoms with Crippen molar-refractivity contribution in [2.45, 2.75) is 25.7 Å². The second-order valence-electron chi connectivity index (χ2n) is 4.66. The van der Waals surface area contributed by atoms with Crippen LogP contribution in [-0.2, 0) is 0 Å². The summed E-state index contributed by atoms with van der Waals surface area (Å²) in [7, 11) is 0. The summed E-state index contributed by atoms with van der Waals surface area (Å²) in [5.41, 5.74) is 5.93. The third kappa shape index (κ3) is 2.53. The maximum atomic E-state index is 12.9. The van der Waals surface area contributed by atoms with Crippen molar-refractivity contribution < 1.29 is 9.13 Å². The Bertz CT molecular complexity index is 348. The molecule has 1 saturated carbocycles. The van der Waals surface area contributed by atoms with Crippen LogP contribution in [0.2, 0.25) is 0 Å². The van der Waals surface area contributed by atoms with Gasteiger partial charge in [0.25, 0.3) is 0 Å². The molecule has 0 atom stereocenters. The minimum atomic E-state index is -0.259. The van der Waals surface area contributed by atoms with Crippen molar-refractivity contribution in [1.29, 1.82) is 0 Å². The number of halogens is 1. The number of ether oxygens (including phenoxy) is 1. The first-order valence-electron chi connectivity index (χ1n) is 5.83. The van der Waals surface area contributed by atoms with Crippen LogP contribution >= 0.6 is 0 Å². The Morgan fingerprint density at radius 3 is 2.69 bits per heavy atom. The molecular weight excluding hydrogens is 205 g/mol. The fraction of sp³-hybridized carbons (Fsp3) is 0.538. The predicted octanol–water partition coefficient (Wildman–Crippen LogP) is 2.72. The highest BCUT2D eigenvalue weighted by Gasteiger charge is 2.33. The van der Waals surface area contributed by atoms with Gasteiger partial charge in [0.2, 0.25) is 0 Å². The Labute approximate surface area is 95.6 Å². The van der Waals surface area contributed by atoms with Gasteiger partial charge < -0.3 is 10.5 Å². The van der Waals surface area contributed by atoms with Crippen LogP contribution in [0.3, 0.4) is 0 Å². The standard InChI is InChI=1S/C13H18FNO/c14-11-4-3-5-12(8-11)16-10-13(9-15)6-1-2-7-13/h3-5,8H,1-2,6-7,9-10,15H2. The van der Waals surface area contributed by atoms with Crippen molar-refractivity contribution in [3.05, 3.63) is 30.1 Å². The highest BCUT2D eigenvalue weighted by atomic mass is 19.1. The van der Waals surface area contributed by atoms with Gasteiger partial charge in [-0.05, 0) is 25.0 Å². The van der Waals surface area contributed by atoms with Gasteiger partial charge in [0.05, 0.1) is 6.61 Å². The fourth-order valence-corrected chi connectivity index (χ4v) is 2.33. The highest BCUT2D eigenvalue weighted by Crippen LogP contribution is 2.37. The van der Waals surface area contributed by atoms with E-state index in [1.54, 1.807) is 12.1 Å². The van der Waals surface area contributed by atoms with E-state index in [1.807, 2.05) is 0 Å². The van der Waals surface area contributed by atoms with Gasteiger partial charge in [-0.25, -0.2) is 4.39 Å². The molecule has 1 aromatic carbocycles.